The fraction of sp³-hybridized carbons (Fsp3) is 0.333. The summed E-state index contributed by atoms with van der Waals surface area (Å²) in [5.41, 5.74) is 4.09. The maximum Gasteiger partial charge on any atom is 0.222 e. The maximum absolute atomic E-state index is 13.9. The zero-order valence-corrected chi connectivity index (χ0v) is 18.7. The number of halogens is 1. The Morgan fingerprint density at radius 2 is 1.85 bits per heavy atom. The number of carbonyl (C=O) groups is 1. The van der Waals surface area contributed by atoms with Crippen LogP contribution >= 0.6 is 0 Å². The Balaban J connectivity index is 1.46. The lowest BCUT2D eigenvalue weighted by atomic mass is 10.0. The van der Waals surface area contributed by atoms with Crippen molar-refractivity contribution in [2.24, 2.45) is 0 Å². The Labute approximate surface area is 194 Å². The van der Waals surface area contributed by atoms with E-state index in [4.69, 9.17) is 9.47 Å². The molecule has 33 heavy (non-hydrogen) atoms. The molecule has 1 aromatic heterocycles. The molecule has 4 rings (SSSR count). The normalized spacial score (nSPS) is 14.6. The minimum Gasteiger partial charge on any atom is -0.491 e. The number of hydrogen-bond donors (Lipinski definition) is 0. The first-order chi connectivity index (χ1) is 16.2. The van der Waals surface area contributed by atoms with Crippen molar-refractivity contribution in [2.75, 3.05) is 26.4 Å². The first kappa shape index (κ1) is 22.9. The van der Waals surface area contributed by atoms with E-state index in [0.29, 0.717) is 51.5 Å². The Morgan fingerprint density at radius 3 is 2.73 bits per heavy atom. The number of benzene rings is 2. The minimum absolute atomic E-state index is 0.119. The summed E-state index contributed by atoms with van der Waals surface area (Å²) in [6.45, 7) is 2.28. The fourth-order valence-electron chi connectivity index (χ4n) is 4.04. The molecule has 0 unspecified atom stereocenters. The molecule has 1 aliphatic rings. The fourth-order valence-corrected chi connectivity index (χ4v) is 4.04. The third kappa shape index (κ3) is 6.86. The predicted molar refractivity (Wildman–Crippen MR) is 125 cm³/mol. The number of hydrogen-bond acceptors (Lipinski definition) is 4. The van der Waals surface area contributed by atoms with Crippen molar-refractivity contribution in [1.82, 2.24) is 9.88 Å². The molecule has 0 aliphatic carbocycles. The molecule has 6 heteroatoms. The zero-order valence-electron chi connectivity index (χ0n) is 18.7. The molecule has 1 amide bonds. The lowest BCUT2D eigenvalue weighted by Gasteiger charge is -2.24. The Hall–Kier alpha value is -3.25. The summed E-state index contributed by atoms with van der Waals surface area (Å²) in [4.78, 5) is 18.9. The van der Waals surface area contributed by atoms with Gasteiger partial charge in [-0.3, -0.25) is 9.78 Å². The SMILES string of the molecule is O=C(CCCc1ccncc1)N1CCOCCOc2ccc(F)cc2Cc2cccc(c2)C1. The highest BCUT2D eigenvalue weighted by Gasteiger charge is 2.15. The van der Waals surface area contributed by atoms with Crippen LogP contribution in [0.25, 0.3) is 0 Å². The van der Waals surface area contributed by atoms with Crippen molar-refractivity contribution in [3.63, 3.8) is 0 Å². The van der Waals surface area contributed by atoms with E-state index >= 15 is 0 Å². The Morgan fingerprint density at radius 1 is 1.00 bits per heavy atom. The number of ether oxygens (including phenoxy) is 2. The summed E-state index contributed by atoms with van der Waals surface area (Å²) >= 11 is 0. The van der Waals surface area contributed by atoms with Crippen molar-refractivity contribution < 1.29 is 18.7 Å². The summed E-state index contributed by atoms with van der Waals surface area (Å²) in [6.07, 6.45) is 6.23. The lowest BCUT2D eigenvalue weighted by Crippen LogP contribution is -2.34. The van der Waals surface area contributed by atoms with E-state index in [2.05, 4.69) is 11.1 Å². The topological polar surface area (TPSA) is 51.7 Å². The van der Waals surface area contributed by atoms with Crippen LogP contribution in [0.2, 0.25) is 0 Å². The Kier molecular flexibility index (Phi) is 8.04. The third-order valence-corrected chi connectivity index (χ3v) is 5.73. The summed E-state index contributed by atoms with van der Waals surface area (Å²) in [7, 11) is 0. The predicted octanol–water partition coefficient (Wildman–Crippen LogP) is 4.57. The second-order valence-electron chi connectivity index (χ2n) is 8.23. The first-order valence-electron chi connectivity index (χ1n) is 11.4. The van der Waals surface area contributed by atoms with Crippen LogP contribution in [0.1, 0.15) is 35.1 Å². The van der Waals surface area contributed by atoms with Crippen molar-refractivity contribution in [3.05, 3.63) is 95.1 Å². The molecule has 2 aromatic carbocycles. The number of fused-ring (bicyclic) bond motifs is 3. The van der Waals surface area contributed by atoms with Gasteiger partial charge in [0, 0.05) is 43.9 Å². The van der Waals surface area contributed by atoms with Gasteiger partial charge in [-0.25, -0.2) is 4.39 Å². The van der Waals surface area contributed by atoms with Gasteiger partial charge in [-0.05, 0) is 59.9 Å². The van der Waals surface area contributed by atoms with Crippen LogP contribution in [0.4, 0.5) is 4.39 Å². The van der Waals surface area contributed by atoms with Crippen LogP contribution in [0.3, 0.4) is 0 Å². The van der Waals surface area contributed by atoms with Crippen molar-refractivity contribution in [3.8, 4) is 5.75 Å². The molecule has 3 aromatic rings. The van der Waals surface area contributed by atoms with Crippen LogP contribution in [-0.4, -0.2) is 42.2 Å². The van der Waals surface area contributed by atoms with Crippen molar-refractivity contribution in [1.29, 1.82) is 0 Å². The molecule has 0 radical (unpaired) electrons. The van der Waals surface area contributed by atoms with Gasteiger partial charge < -0.3 is 14.4 Å². The van der Waals surface area contributed by atoms with E-state index in [1.54, 1.807) is 18.5 Å². The summed E-state index contributed by atoms with van der Waals surface area (Å²) < 4.78 is 25.4. The molecule has 0 atom stereocenters. The summed E-state index contributed by atoms with van der Waals surface area (Å²) in [5, 5.41) is 0. The van der Waals surface area contributed by atoms with Gasteiger partial charge in [0.1, 0.15) is 18.2 Å². The molecule has 0 saturated heterocycles. The number of aromatic nitrogens is 1. The molecule has 172 valence electrons. The molecule has 2 bridgehead atoms. The van der Waals surface area contributed by atoms with E-state index < -0.39 is 0 Å². The first-order valence-corrected chi connectivity index (χ1v) is 11.4. The van der Waals surface area contributed by atoms with Gasteiger partial charge in [0.2, 0.25) is 5.91 Å². The van der Waals surface area contributed by atoms with Gasteiger partial charge >= 0.3 is 0 Å². The number of rotatable bonds is 4. The maximum atomic E-state index is 13.9. The van der Waals surface area contributed by atoms with Crippen LogP contribution in [0.15, 0.2) is 67.0 Å². The number of aryl methyl sites for hydroxylation is 1. The smallest absolute Gasteiger partial charge is 0.222 e. The molecule has 0 spiro atoms. The van der Waals surface area contributed by atoms with Crippen molar-refractivity contribution >= 4 is 5.91 Å². The second-order valence-corrected chi connectivity index (χ2v) is 8.23. The number of nitrogens with zero attached hydrogens (tertiary/aromatic N) is 2. The van der Waals surface area contributed by atoms with Gasteiger partial charge in [-0.1, -0.05) is 24.3 Å². The van der Waals surface area contributed by atoms with Crippen molar-refractivity contribution in [2.45, 2.75) is 32.2 Å². The van der Waals surface area contributed by atoms with Crippen LogP contribution < -0.4 is 4.74 Å². The van der Waals surface area contributed by atoms with Crippen LogP contribution in [0.5, 0.6) is 5.75 Å². The Bertz CT molecular complexity index is 1060. The van der Waals surface area contributed by atoms with E-state index in [1.165, 1.54) is 17.7 Å². The average Bonchev–Trinajstić information content (AvgIpc) is 2.82. The quantitative estimate of drug-likeness (QED) is 0.587. The minimum atomic E-state index is -0.283. The standard InChI is InChI=1S/C27H29FN2O3/c28-25-7-8-26-24(19-25)18-22-4-1-5-23(17-22)20-30(13-14-32-15-16-33-26)27(31)6-2-3-21-9-11-29-12-10-21/h1,4-5,7-12,17,19H,2-3,6,13-16,18,20H2. The monoisotopic (exact) mass is 448 g/mol. The molecule has 2 heterocycles. The molecular weight excluding hydrogens is 419 g/mol. The lowest BCUT2D eigenvalue weighted by molar-refractivity contribution is -0.132. The van der Waals surface area contributed by atoms with E-state index in [-0.39, 0.29) is 11.7 Å². The number of carbonyl (C=O) groups excluding carboxylic acids is 1. The van der Waals surface area contributed by atoms with Crippen LogP contribution in [0, 0.1) is 5.82 Å². The number of pyridine rings is 1. The van der Waals surface area contributed by atoms with Gasteiger partial charge in [-0.2, -0.15) is 0 Å². The third-order valence-electron chi connectivity index (χ3n) is 5.73. The molecule has 0 N–H and O–H groups in total. The van der Waals surface area contributed by atoms with Gasteiger partial charge in [0.15, 0.2) is 0 Å². The van der Waals surface area contributed by atoms with Crippen LogP contribution in [-0.2, 0) is 28.9 Å². The van der Waals surface area contributed by atoms with Gasteiger partial charge in [-0.15, -0.1) is 0 Å². The van der Waals surface area contributed by atoms with E-state index in [9.17, 15) is 9.18 Å². The largest absolute Gasteiger partial charge is 0.491 e. The molecule has 0 saturated carbocycles. The highest BCUT2D eigenvalue weighted by Crippen LogP contribution is 2.24. The van der Waals surface area contributed by atoms with E-state index in [0.717, 1.165) is 29.5 Å². The average molecular weight is 449 g/mol. The summed E-state index contributed by atoms with van der Waals surface area (Å²) in [5.74, 6) is 0.511. The number of amides is 1. The van der Waals surface area contributed by atoms with Gasteiger partial charge in [0.25, 0.3) is 0 Å². The highest BCUT2D eigenvalue weighted by molar-refractivity contribution is 5.76. The zero-order chi connectivity index (χ0) is 22.9. The molecule has 1 aliphatic heterocycles. The second kappa shape index (κ2) is 11.6. The molecule has 5 nitrogen and oxygen atoms in total. The summed E-state index contributed by atoms with van der Waals surface area (Å²) in [6, 6.07) is 16.7. The van der Waals surface area contributed by atoms with Gasteiger partial charge in [0.05, 0.1) is 13.2 Å². The molecule has 0 fully saturated rings. The highest BCUT2D eigenvalue weighted by atomic mass is 19.1. The van der Waals surface area contributed by atoms with E-state index in [1.807, 2.05) is 35.2 Å². The molecular formula is C27H29FN2O3.